The Labute approximate surface area is 152 Å². The molecule has 0 aromatic carbocycles. The van der Waals surface area contributed by atoms with E-state index < -0.39 is 32.4 Å². The summed E-state index contributed by atoms with van der Waals surface area (Å²) in [7, 11) is -4.32. The van der Waals surface area contributed by atoms with Gasteiger partial charge >= 0.3 is 7.60 Å². The van der Waals surface area contributed by atoms with Crippen LogP contribution < -0.4 is 5.73 Å². The minimum atomic E-state index is -4.32. The fourth-order valence-corrected chi connectivity index (χ4v) is 2.60. The number of hydrogen-bond donors (Lipinski definition) is 4. The van der Waals surface area contributed by atoms with Crippen LogP contribution >= 0.6 is 7.60 Å². The first kappa shape index (κ1) is 18.7. The summed E-state index contributed by atoms with van der Waals surface area (Å²) in [6, 6.07) is 0. The van der Waals surface area contributed by atoms with Crippen LogP contribution in [-0.4, -0.2) is 89.1 Å². The number of anilines is 1. The number of fused-ring (bicyclic) bond motifs is 1. The first-order chi connectivity index (χ1) is 10.4. The van der Waals surface area contributed by atoms with Crippen LogP contribution in [0.3, 0.4) is 0 Å². The van der Waals surface area contributed by atoms with Gasteiger partial charge in [0.05, 0.1) is 12.9 Å². The largest absolute Gasteiger partial charge is 0.386 e. The van der Waals surface area contributed by atoms with Crippen molar-refractivity contribution in [1.82, 2.24) is 19.5 Å². The zero-order chi connectivity index (χ0) is 15.9. The van der Waals surface area contributed by atoms with Crippen molar-refractivity contribution in [3.63, 3.8) is 0 Å². The number of nitrogen functional groups attached to an aromatic ring is 1. The van der Waals surface area contributed by atoms with Gasteiger partial charge in [-0.1, -0.05) is 0 Å². The van der Waals surface area contributed by atoms with Crippen LogP contribution in [0.15, 0.2) is 12.7 Å². The first-order valence-corrected chi connectivity index (χ1v) is 8.05. The molecule has 11 nitrogen and oxygen atoms in total. The number of aliphatic hydroxyl groups is 1. The predicted molar refractivity (Wildman–Crippen MR) is 78.3 cm³/mol. The van der Waals surface area contributed by atoms with Gasteiger partial charge in [-0.2, -0.15) is 0 Å². The molecule has 0 amide bonds. The molecular formula is C10H14N5NaO6P. The molecule has 1 radical (unpaired) electrons. The van der Waals surface area contributed by atoms with Crippen molar-refractivity contribution in [3.8, 4) is 0 Å². The molecule has 23 heavy (non-hydrogen) atoms. The fourth-order valence-electron chi connectivity index (χ4n) is 2.21. The van der Waals surface area contributed by atoms with Crippen LogP contribution in [0.1, 0.15) is 6.23 Å². The van der Waals surface area contributed by atoms with E-state index in [1.54, 1.807) is 0 Å². The number of hydrogen-bond acceptors (Lipinski definition) is 8. The monoisotopic (exact) mass is 354 g/mol. The minimum absolute atomic E-state index is 0. The smallest absolute Gasteiger partial charge is 0.350 e. The predicted octanol–water partition coefficient (Wildman–Crippen LogP) is -1.56. The van der Waals surface area contributed by atoms with E-state index in [2.05, 4.69) is 15.0 Å². The van der Waals surface area contributed by atoms with Crippen molar-refractivity contribution < 1.29 is 28.9 Å². The summed E-state index contributed by atoms with van der Waals surface area (Å²) < 4.78 is 22.7. The standard InChI is InChI=1S/C10H14N5O6P.Na/c11-8-6-9(13-2-12-8)15(3-14-6)10-7(16)5(1-20-10)21-4-22(17,18)19;/h2-3,5,7,10,16H,1,4H2,(H2,11,12,13)(H2,17,18,19);/t5-,7+,10+;/m0./s1. The Balaban J connectivity index is 0.00000192. The van der Waals surface area contributed by atoms with Gasteiger partial charge in [0.1, 0.15) is 30.4 Å². The molecule has 3 heterocycles. The van der Waals surface area contributed by atoms with E-state index in [0.29, 0.717) is 11.2 Å². The molecular weight excluding hydrogens is 340 g/mol. The van der Waals surface area contributed by atoms with E-state index in [-0.39, 0.29) is 42.0 Å². The quantitative estimate of drug-likeness (QED) is 0.372. The molecule has 1 fully saturated rings. The van der Waals surface area contributed by atoms with Gasteiger partial charge < -0.3 is 30.1 Å². The normalized spacial score (nSPS) is 24.7. The second-order valence-electron chi connectivity index (χ2n) is 4.80. The molecule has 3 rings (SSSR count). The molecule has 0 unspecified atom stereocenters. The van der Waals surface area contributed by atoms with E-state index in [1.807, 2.05) is 0 Å². The summed E-state index contributed by atoms with van der Waals surface area (Å²) in [4.78, 5) is 29.5. The Morgan fingerprint density at radius 2 is 2.17 bits per heavy atom. The Kier molecular flexibility index (Phi) is 5.77. The van der Waals surface area contributed by atoms with Gasteiger partial charge in [0.25, 0.3) is 0 Å². The molecule has 1 saturated heterocycles. The van der Waals surface area contributed by atoms with E-state index >= 15 is 0 Å². The molecule has 3 atom stereocenters. The summed E-state index contributed by atoms with van der Waals surface area (Å²) >= 11 is 0. The van der Waals surface area contributed by atoms with Crippen molar-refractivity contribution in [2.75, 3.05) is 18.7 Å². The Bertz CT molecular complexity index is 738. The third-order valence-electron chi connectivity index (χ3n) is 3.22. The number of rotatable bonds is 4. The third-order valence-corrected chi connectivity index (χ3v) is 3.71. The minimum Gasteiger partial charge on any atom is -0.386 e. The van der Waals surface area contributed by atoms with E-state index in [9.17, 15) is 9.67 Å². The van der Waals surface area contributed by atoms with E-state index in [1.165, 1.54) is 17.2 Å². The van der Waals surface area contributed by atoms with Crippen LogP contribution in [0.2, 0.25) is 0 Å². The van der Waals surface area contributed by atoms with Crippen LogP contribution in [-0.2, 0) is 14.0 Å². The summed E-state index contributed by atoms with van der Waals surface area (Å²) in [5, 5.41) is 10.2. The van der Waals surface area contributed by atoms with Crippen molar-refractivity contribution in [3.05, 3.63) is 12.7 Å². The molecule has 0 saturated carbocycles. The van der Waals surface area contributed by atoms with E-state index in [0.717, 1.165) is 0 Å². The van der Waals surface area contributed by atoms with Gasteiger partial charge in [-0.3, -0.25) is 9.13 Å². The molecule has 0 spiro atoms. The molecule has 0 aliphatic carbocycles. The summed E-state index contributed by atoms with van der Waals surface area (Å²) in [6.45, 7) is -0.0218. The summed E-state index contributed by atoms with van der Waals surface area (Å²) in [5.41, 5.74) is 6.44. The number of imidazole rings is 1. The van der Waals surface area contributed by atoms with Gasteiger partial charge in [0.15, 0.2) is 17.7 Å². The van der Waals surface area contributed by atoms with Crippen molar-refractivity contribution >= 4 is 54.1 Å². The zero-order valence-electron chi connectivity index (χ0n) is 12.2. The summed E-state index contributed by atoms with van der Waals surface area (Å²) in [6.07, 6.45) is -0.978. The maximum Gasteiger partial charge on any atom is 0.350 e. The average Bonchev–Trinajstić information content (AvgIpc) is 3.00. The maximum atomic E-state index is 10.8. The maximum absolute atomic E-state index is 10.8. The molecule has 1 aliphatic heterocycles. The van der Waals surface area contributed by atoms with Gasteiger partial charge in [0.2, 0.25) is 0 Å². The molecule has 2 aromatic rings. The van der Waals surface area contributed by atoms with Gasteiger partial charge in [-0.25, -0.2) is 15.0 Å². The summed E-state index contributed by atoms with van der Waals surface area (Å²) in [5.74, 6) is 0.200. The van der Waals surface area contributed by atoms with Crippen LogP contribution in [0.25, 0.3) is 11.2 Å². The number of nitrogens with two attached hydrogens (primary N) is 1. The molecule has 5 N–H and O–H groups in total. The van der Waals surface area contributed by atoms with Crippen LogP contribution in [0.5, 0.6) is 0 Å². The second kappa shape index (κ2) is 7.09. The SMILES string of the molecule is Nc1ncnc2c1ncn2[C@@H]1OC[C@H](OCP(=O)(O)O)[C@H]1O.[Na]. The van der Waals surface area contributed by atoms with Gasteiger partial charge in [-0.05, 0) is 0 Å². The second-order valence-corrected chi connectivity index (χ2v) is 6.38. The topological polar surface area (TPSA) is 166 Å². The average molecular weight is 354 g/mol. The Morgan fingerprint density at radius 1 is 1.43 bits per heavy atom. The van der Waals surface area contributed by atoms with Crippen LogP contribution in [0.4, 0.5) is 5.82 Å². The number of nitrogens with zero attached hydrogens (tertiary/aromatic N) is 4. The van der Waals surface area contributed by atoms with Crippen molar-refractivity contribution in [2.45, 2.75) is 18.4 Å². The number of aromatic nitrogens is 4. The molecule has 2 aromatic heterocycles. The Morgan fingerprint density at radius 3 is 2.87 bits per heavy atom. The van der Waals surface area contributed by atoms with Gasteiger partial charge in [0, 0.05) is 29.6 Å². The fraction of sp³-hybridized carbons (Fsp3) is 0.500. The first-order valence-electron chi connectivity index (χ1n) is 6.25. The van der Waals surface area contributed by atoms with Crippen LogP contribution in [0, 0.1) is 0 Å². The molecule has 0 bridgehead atoms. The van der Waals surface area contributed by atoms with Crippen molar-refractivity contribution in [2.24, 2.45) is 0 Å². The molecule has 1 aliphatic rings. The number of aliphatic hydroxyl groups excluding tert-OH is 1. The Hall–Kier alpha value is -0.620. The third kappa shape index (κ3) is 3.90. The molecule has 121 valence electrons. The zero-order valence-corrected chi connectivity index (χ0v) is 15.1. The van der Waals surface area contributed by atoms with E-state index in [4.69, 9.17) is 25.0 Å². The number of ether oxygens (including phenoxy) is 2. The van der Waals surface area contributed by atoms with Gasteiger partial charge in [-0.15, -0.1) is 0 Å². The molecule has 13 heteroatoms. The van der Waals surface area contributed by atoms with Crippen molar-refractivity contribution in [1.29, 1.82) is 0 Å².